The summed E-state index contributed by atoms with van der Waals surface area (Å²) in [7, 11) is 3.37. The van der Waals surface area contributed by atoms with E-state index < -0.39 is 5.97 Å². The average molecular weight is 273 g/mol. The number of carbonyl (C=O) groups is 1. The van der Waals surface area contributed by atoms with Crippen molar-refractivity contribution in [3.63, 3.8) is 0 Å². The van der Waals surface area contributed by atoms with Crippen LogP contribution in [0, 0.1) is 0 Å². The normalized spacial score (nSPS) is 10.1. The summed E-state index contributed by atoms with van der Waals surface area (Å²) < 4.78 is 5.28. The topological polar surface area (TPSA) is 75.5 Å². The van der Waals surface area contributed by atoms with Crippen molar-refractivity contribution in [2.75, 3.05) is 19.1 Å². The smallest absolute Gasteiger partial charge is 0.358 e. The molecule has 0 saturated heterocycles. The molecule has 0 fully saturated rings. The highest BCUT2D eigenvalue weighted by molar-refractivity contribution is 5.90. The number of nitrogens with zero attached hydrogens (tertiary/aromatic N) is 3. The number of carboxylic acids is 1. The largest absolute Gasteiger partial charge is 0.496 e. The first-order valence-electron chi connectivity index (χ1n) is 6.00. The molecule has 0 saturated carbocycles. The summed E-state index contributed by atoms with van der Waals surface area (Å²) in [4.78, 5) is 20.8. The zero-order chi connectivity index (χ0) is 14.5. The van der Waals surface area contributed by atoms with Crippen LogP contribution >= 0.6 is 0 Å². The standard InChI is InChI=1S/C14H15N3O3/c1-17(9-10-5-3-4-6-11(10)20-2)13-12(14(18)19)15-7-8-16-13/h3-8H,9H2,1-2H3,(H,18,19). The Morgan fingerprint density at radius 3 is 2.70 bits per heavy atom. The van der Waals surface area contributed by atoms with Gasteiger partial charge in [-0.1, -0.05) is 18.2 Å². The second-order valence-electron chi connectivity index (χ2n) is 4.20. The van der Waals surface area contributed by atoms with E-state index in [2.05, 4.69) is 9.97 Å². The summed E-state index contributed by atoms with van der Waals surface area (Å²) in [5.74, 6) is -0.0222. The van der Waals surface area contributed by atoms with Crippen LogP contribution in [0.25, 0.3) is 0 Å². The van der Waals surface area contributed by atoms with Crippen molar-refractivity contribution in [2.24, 2.45) is 0 Å². The van der Waals surface area contributed by atoms with Crippen LogP contribution in [0.5, 0.6) is 5.75 Å². The highest BCUT2D eigenvalue weighted by Crippen LogP contribution is 2.22. The average Bonchev–Trinajstić information content (AvgIpc) is 2.47. The van der Waals surface area contributed by atoms with E-state index in [9.17, 15) is 4.79 Å². The van der Waals surface area contributed by atoms with Gasteiger partial charge in [-0.15, -0.1) is 0 Å². The maximum absolute atomic E-state index is 11.1. The van der Waals surface area contributed by atoms with Crippen LogP contribution in [0.2, 0.25) is 0 Å². The summed E-state index contributed by atoms with van der Waals surface area (Å²) in [5, 5.41) is 9.13. The molecule has 0 radical (unpaired) electrons. The van der Waals surface area contributed by atoms with Crippen molar-refractivity contribution in [2.45, 2.75) is 6.54 Å². The molecule has 1 aromatic carbocycles. The van der Waals surface area contributed by atoms with Crippen molar-refractivity contribution < 1.29 is 14.6 Å². The Labute approximate surface area is 116 Å². The molecule has 6 nitrogen and oxygen atoms in total. The van der Waals surface area contributed by atoms with Gasteiger partial charge in [-0.05, 0) is 6.07 Å². The highest BCUT2D eigenvalue weighted by Gasteiger charge is 2.17. The second-order valence-corrected chi connectivity index (χ2v) is 4.20. The molecule has 0 aliphatic rings. The minimum absolute atomic E-state index is 0.0649. The number of anilines is 1. The Balaban J connectivity index is 2.29. The number of aromatic nitrogens is 2. The summed E-state index contributed by atoms with van der Waals surface area (Å²) in [6.07, 6.45) is 2.84. The Hall–Kier alpha value is -2.63. The molecule has 0 aliphatic carbocycles. The second kappa shape index (κ2) is 6.01. The number of rotatable bonds is 5. The van der Waals surface area contributed by atoms with Gasteiger partial charge in [0.2, 0.25) is 0 Å². The number of hydrogen-bond acceptors (Lipinski definition) is 5. The van der Waals surface area contributed by atoms with Gasteiger partial charge in [-0.25, -0.2) is 14.8 Å². The van der Waals surface area contributed by atoms with Crippen LogP contribution < -0.4 is 9.64 Å². The minimum Gasteiger partial charge on any atom is -0.496 e. The van der Waals surface area contributed by atoms with Crippen LogP contribution in [0.4, 0.5) is 5.82 Å². The predicted molar refractivity (Wildman–Crippen MR) is 74.1 cm³/mol. The first-order chi connectivity index (χ1) is 9.63. The molecule has 0 atom stereocenters. The first-order valence-corrected chi connectivity index (χ1v) is 6.00. The van der Waals surface area contributed by atoms with E-state index in [0.29, 0.717) is 12.4 Å². The zero-order valence-electron chi connectivity index (χ0n) is 11.3. The molecule has 1 aromatic heterocycles. The molecule has 2 rings (SSSR count). The van der Waals surface area contributed by atoms with Crippen LogP contribution in [0.1, 0.15) is 16.1 Å². The molecule has 1 heterocycles. The van der Waals surface area contributed by atoms with Gasteiger partial charge in [-0.3, -0.25) is 0 Å². The fourth-order valence-electron chi connectivity index (χ4n) is 1.92. The number of aromatic carboxylic acids is 1. The Bertz CT molecular complexity index is 616. The quantitative estimate of drug-likeness (QED) is 0.895. The molecule has 104 valence electrons. The summed E-state index contributed by atoms with van der Waals surface area (Å²) >= 11 is 0. The molecule has 0 aliphatic heterocycles. The molecular weight excluding hydrogens is 258 g/mol. The Morgan fingerprint density at radius 2 is 2.00 bits per heavy atom. The molecule has 20 heavy (non-hydrogen) atoms. The summed E-state index contributed by atoms with van der Waals surface area (Å²) in [5.41, 5.74) is 0.879. The van der Waals surface area contributed by atoms with Crippen LogP contribution in [-0.2, 0) is 6.54 Å². The molecule has 0 spiro atoms. The third-order valence-corrected chi connectivity index (χ3v) is 2.84. The lowest BCUT2D eigenvalue weighted by atomic mass is 10.2. The van der Waals surface area contributed by atoms with Gasteiger partial charge in [0.25, 0.3) is 0 Å². The molecule has 1 N–H and O–H groups in total. The van der Waals surface area contributed by atoms with E-state index >= 15 is 0 Å². The Morgan fingerprint density at radius 1 is 1.30 bits per heavy atom. The van der Waals surface area contributed by atoms with E-state index in [0.717, 1.165) is 11.3 Å². The van der Waals surface area contributed by atoms with Gasteiger partial charge >= 0.3 is 5.97 Å². The fraction of sp³-hybridized carbons (Fsp3) is 0.214. The van der Waals surface area contributed by atoms with E-state index in [1.165, 1.54) is 12.4 Å². The predicted octanol–water partition coefficient (Wildman–Crippen LogP) is 1.82. The van der Waals surface area contributed by atoms with Crippen molar-refractivity contribution >= 4 is 11.8 Å². The Kier molecular flexibility index (Phi) is 4.14. The zero-order valence-corrected chi connectivity index (χ0v) is 11.3. The molecule has 6 heteroatoms. The lowest BCUT2D eigenvalue weighted by Gasteiger charge is -2.20. The monoisotopic (exact) mass is 273 g/mol. The van der Waals surface area contributed by atoms with E-state index in [1.807, 2.05) is 24.3 Å². The van der Waals surface area contributed by atoms with Crippen molar-refractivity contribution in [3.8, 4) is 5.75 Å². The van der Waals surface area contributed by atoms with Gasteiger partial charge in [0, 0.05) is 31.5 Å². The fourth-order valence-corrected chi connectivity index (χ4v) is 1.92. The van der Waals surface area contributed by atoms with E-state index in [-0.39, 0.29) is 5.69 Å². The lowest BCUT2D eigenvalue weighted by molar-refractivity contribution is 0.0690. The van der Waals surface area contributed by atoms with Gasteiger partial charge in [0.1, 0.15) is 5.75 Å². The number of ether oxygens (including phenoxy) is 1. The van der Waals surface area contributed by atoms with Gasteiger partial charge < -0.3 is 14.7 Å². The maximum atomic E-state index is 11.1. The number of methoxy groups -OCH3 is 1. The number of para-hydroxylation sites is 1. The van der Waals surface area contributed by atoms with Gasteiger partial charge in [-0.2, -0.15) is 0 Å². The van der Waals surface area contributed by atoms with Crippen LogP contribution in [0.3, 0.4) is 0 Å². The lowest BCUT2D eigenvalue weighted by Crippen LogP contribution is -2.21. The minimum atomic E-state index is -1.10. The molecule has 0 amide bonds. The van der Waals surface area contributed by atoms with E-state index in [4.69, 9.17) is 9.84 Å². The molecule has 0 unspecified atom stereocenters. The van der Waals surface area contributed by atoms with Crippen molar-refractivity contribution in [3.05, 3.63) is 47.9 Å². The van der Waals surface area contributed by atoms with Gasteiger partial charge in [0.15, 0.2) is 11.5 Å². The summed E-state index contributed by atoms with van der Waals surface area (Å²) in [6, 6.07) is 7.57. The first kappa shape index (κ1) is 13.8. The highest BCUT2D eigenvalue weighted by atomic mass is 16.5. The molecule has 2 aromatic rings. The number of carboxylic acid groups (broad SMARTS) is 1. The summed E-state index contributed by atoms with van der Waals surface area (Å²) in [6.45, 7) is 0.475. The molecule has 0 bridgehead atoms. The van der Waals surface area contributed by atoms with Gasteiger partial charge in [0.05, 0.1) is 7.11 Å². The third-order valence-electron chi connectivity index (χ3n) is 2.84. The van der Waals surface area contributed by atoms with E-state index in [1.54, 1.807) is 19.1 Å². The SMILES string of the molecule is COc1ccccc1CN(C)c1nccnc1C(=O)O. The van der Waals surface area contributed by atoms with Crippen molar-refractivity contribution in [1.29, 1.82) is 0 Å². The maximum Gasteiger partial charge on any atom is 0.358 e. The van der Waals surface area contributed by atoms with Crippen molar-refractivity contribution in [1.82, 2.24) is 9.97 Å². The van der Waals surface area contributed by atoms with Crippen LogP contribution in [0.15, 0.2) is 36.7 Å². The van der Waals surface area contributed by atoms with Crippen LogP contribution in [-0.4, -0.2) is 35.2 Å². The third kappa shape index (κ3) is 2.85. The number of hydrogen-bond donors (Lipinski definition) is 1. The number of benzene rings is 1. The molecular formula is C14H15N3O3.